The molecule has 0 aliphatic carbocycles. The smallest absolute Gasteiger partial charge is 0.226 e. The number of hydrogen-bond donors (Lipinski definition) is 2. The van der Waals surface area contributed by atoms with Gasteiger partial charge in [0.15, 0.2) is 0 Å². The maximum absolute atomic E-state index is 10.9. The lowest BCUT2D eigenvalue weighted by atomic mass is 10.4. The predicted molar refractivity (Wildman–Crippen MR) is 73.9 cm³/mol. The number of ether oxygens (including phenoxy) is 1. The van der Waals surface area contributed by atoms with Gasteiger partial charge >= 0.3 is 0 Å². The number of aromatic nitrogens is 2. The molecule has 0 aliphatic rings. The number of nitrogens with one attached hydrogen (secondary N) is 2. The molecule has 0 radical (unpaired) electrons. The van der Waals surface area contributed by atoms with Gasteiger partial charge in [0.05, 0.1) is 12.9 Å². The molecule has 1 aromatic heterocycles. The second-order valence-corrected chi connectivity index (χ2v) is 5.95. The van der Waals surface area contributed by atoms with Crippen molar-refractivity contribution in [3.05, 3.63) is 11.8 Å². The van der Waals surface area contributed by atoms with Crippen molar-refractivity contribution >= 4 is 16.0 Å². The summed E-state index contributed by atoms with van der Waals surface area (Å²) in [5.41, 5.74) is 0.791. The van der Waals surface area contributed by atoms with Crippen molar-refractivity contribution in [2.45, 2.75) is 20.3 Å². The van der Waals surface area contributed by atoms with Gasteiger partial charge in [0.1, 0.15) is 0 Å². The normalized spacial score (nSPS) is 11.3. The minimum absolute atomic E-state index is 0.279. The highest BCUT2D eigenvalue weighted by Crippen LogP contribution is 2.11. The third-order valence-corrected chi connectivity index (χ3v) is 2.79. The molecular weight excluding hydrogens is 268 g/mol. The van der Waals surface area contributed by atoms with Gasteiger partial charge < -0.3 is 10.1 Å². The fraction of sp³-hybridized carbons (Fsp3) is 0.636. The van der Waals surface area contributed by atoms with Gasteiger partial charge in [0.2, 0.25) is 21.9 Å². The van der Waals surface area contributed by atoms with E-state index < -0.39 is 10.0 Å². The van der Waals surface area contributed by atoms with E-state index in [0.717, 1.165) is 18.4 Å². The highest BCUT2D eigenvalue weighted by Gasteiger charge is 2.03. The Labute approximate surface area is 113 Å². The van der Waals surface area contributed by atoms with Crippen LogP contribution in [0, 0.1) is 6.92 Å². The van der Waals surface area contributed by atoms with Crippen LogP contribution in [0.3, 0.4) is 0 Å². The van der Waals surface area contributed by atoms with E-state index >= 15 is 0 Å². The summed E-state index contributed by atoms with van der Waals surface area (Å²) in [6.45, 7) is 5.15. The van der Waals surface area contributed by atoms with Crippen LogP contribution >= 0.6 is 0 Å². The Bertz CT molecular complexity index is 505. The standard InChI is InChI=1S/C11H20N4O3S/c1-4-7-18-10-8-9(2)14-11(15-10)12-5-6-13-19(3,16)17/h8,13H,4-7H2,1-3H3,(H,12,14,15). The quantitative estimate of drug-likeness (QED) is 0.678. The molecule has 7 nitrogen and oxygen atoms in total. The van der Waals surface area contributed by atoms with Crippen LogP contribution in [0.5, 0.6) is 5.88 Å². The predicted octanol–water partition coefficient (Wildman–Crippen LogP) is 0.535. The first-order valence-corrected chi connectivity index (χ1v) is 7.97. The van der Waals surface area contributed by atoms with Crippen molar-refractivity contribution in [3.63, 3.8) is 0 Å². The van der Waals surface area contributed by atoms with E-state index in [9.17, 15) is 8.42 Å². The van der Waals surface area contributed by atoms with E-state index in [1.54, 1.807) is 6.07 Å². The molecular formula is C11H20N4O3S. The largest absolute Gasteiger partial charge is 0.478 e. The molecule has 0 aromatic carbocycles. The minimum Gasteiger partial charge on any atom is -0.478 e. The number of hydrogen-bond acceptors (Lipinski definition) is 6. The summed E-state index contributed by atoms with van der Waals surface area (Å²) in [6, 6.07) is 1.76. The van der Waals surface area contributed by atoms with Crippen LogP contribution in [0.2, 0.25) is 0 Å². The molecule has 19 heavy (non-hydrogen) atoms. The lowest BCUT2D eigenvalue weighted by molar-refractivity contribution is 0.305. The van der Waals surface area contributed by atoms with E-state index in [2.05, 4.69) is 20.0 Å². The number of sulfonamides is 1. The molecule has 0 fully saturated rings. The zero-order valence-electron chi connectivity index (χ0n) is 11.4. The van der Waals surface area contributed by atoms with E-state index in [0.29, 0.717) is 25.0 Å². The lowest BCUT2D eigenvalue weighted by Gasteiger charge is -2.09. The Hall–Kier alpha value is -1.41. The number of rotatable bonds is 8. The third kappa shape index (κ3) is 6.92. The first-order chi connectivity index (χ1) is 8.90. The fourth-order valence-corrected chi connectivity index (χ4v) is 1.78. The molecule has 1 heterocycles. The van der Waals surface area contributed by atoms with Crippen molar-refractivity contribution < 1.29 is 13.2 Å². The molecule has 2 N–H and O–H groups in total. The maximum atomic E-state index is 10.9. The summed E-state index contributed by atoms with van der Waals surface area (Å²) in [7, 11) is -3.16. The second kappa shape index (κ2) is 7.25. The van der Waals surface area contributed by atoms with Crippen LogP contribution in [0.15, 0.2) is 6.07 Å². The van der Waals surface area contributed by atoms with Gasteiger partial charge in [-0.3, -0.25) is 0 Å². The highest BCUT2D eigenvalue weighted by atomic mass is 32.2. The van der Waals surface area contributed by atoms with Crippen molar-refractivity contribution in [2.75, 3.05) is 31.3 Å². The Balaban J connectivity index is 2.51. The molecule has 0 spiro atoms. The van der Waals surface area contributed by atoms with E-state index in [4.69, 9.17) is 4.74 Å². The molecule has 8 heteroatoms. The summed E-state index contributed by atoms with van der Waals surface area (Å²) < 4.78 is 29.6. The first kappa shape index (κ1) is 15.6. The highest BCUT2D eigenvalue weighted by molar-refractivity contribution is 7.88. The topological polar surface area (TPSA) is 93.2 Å². The van der Waals surface area contributed by atoms with Crippen LogP contribution < -0.4 is 14.8 Å². The molecule has 0 atom stereocenters. The van der Waals surface area contributed by atoms with Gasteiger partial charge in [-0.05, 0) is 13.3 Å². The van der Waals surface area contributed by atoms with Crippen molar-refractivity contribution in [1.29, 1.82) is 0 Å². The SMILES string of the molecule is CCCOc1cc(C)nc(NCCNS(C)(=O)=O)n1. The first-order valence-electron chi connectivity index (χ1n) is 6.07. The summed E-state index contributed by atoms with van der Waals surface area (Å²) in [5, 5.41) is 2.95. The molecule has 1 aromatic rings. The van der Waals surface area contributed by atoms with Crippen LogP contribution in [0.4, 0.5) is 5.95 Å². The minimum atomic E-state index is -3.16. The van der Waals surface area contributed by atoms with Gasteiger partial charge in [-0.25, -0.2) is 18.1 Å². The molecule has 108 valence electrons. The van der Waals surface area contributed by atoms with Gasteiger partial charge in [0, 0.05) is 24.8 Å². The molecule has 1 rings (SSSR count). The summed E-state index contributed by atoms with van der Waals surface area (Å²) in [6.07, 6.45) is 2.02. The summed E-state index contributed by atoms with van der Waals surface area (Å²) >= 11 is 0. The van der Waals surface area contributed by atoms with Gasteiger partial charge in [-0.1, -0.05) is 6.92 Å². The summed E-state index contributed by atoms with van der Waals surface area (Å²) in [4.78, 5) is 8.38. The lowest BCUT2D eigenvalue weighted by Crippen LogP contribution is -2.28. The fourth-order valence-electron chi connectivity index (χ4n) is 1.31. The zero-order chi connectivity index (χ0) is 14.3. The molecule has 0 aliphatic heterocycles. The maximum Gasteiger partial charge on any atom is 0.226 e. The third-order valence-electron chi connectivity index (χ3n) is 2.06. The molecule has 0 saturated carbocycles. The van der Waals surface area contributed by atoms with Crippen molar-refractivity contribution in [2.24, 2.45) is 0 Å². The van der Waals surface area contributed by atoms with Crippen LogP contribution in [-0.2, 0) is 10.0 Å². The Kier molecular flexibility index (Phi) is 5.97. The molecule has 0 unspecified atom stereocenters. The monoisotopic (exact) mass is 288 g/mol. The number of anilines is 1. The number of aryl methyl sites for hydroxylation is 1. The van der Waals surface area contributed by atoms with Crippen LogP contribution in [-0.4, -0.2) is 44.3 Å². The molecule has 0 amide bonds. The Morgan fingerprint density at radius 3 is 2.68 bits per heavy atom. The molecule has 0 bridgehead atoms. The van der Waals surface area contributed by atoms with Gasteiger partial charge in [-0.15, -0.1) is 0 Å². The van der Waals surface area contributed by atoms with E-state index in [1.165, 1.54) is 0 Å². The van der Waals surface area contributed by atoms with Crippen LogP contribution in [0.25, 0.3) is 0 Å². The number of nitrogens with zero attached hydrogens (tertiary/aromatic N) is 2. The Morgan fingerprint density at radius 2 is 2.05 bits per heavy atom. The van der Waals surface area contributed by atoms with Gasteiger partial charge in [0.25, 0.3) is 0 Å². The van der Waals surface area contributed by atoms with Crippen LogP contribution in [0.1, 0.15) is 19.0 Å². The van der Waals surface area contributed by atoms with Crippen molar-refractivity contribution in [1.82, 2.24) is 14.7 Å². The zero-order valence-corrected chi connectivity index (χ0v) is 12.2. The Morgan fingerprint density at radius 1 is 1.32 bits per heavy atom. The molecule has 0 saturated heterocycles. The van der Waals surface area contributed by atoms with E-state index in [-0.39, 0.29) is 6.54 Å². The second-order valence-electron chi connectivity index (χ2n) is 4.11. The van der Waals surface area contributed by atoms with Crippen molar-refractivity contribution in [3.8, 4) is 5.88 Å². The summed E-state index contributed by atoms with van der Waals surface area (Å²) in [5.74, 6) is 0.953. The average molecular weight is 288 g/mol. The van der Waals surface area contributed by atoms with Gasteiger partial charge in [-0.2, -0.15) is 4.98 Å². The average Bonchev–Trinajstić information content (AvgIpc) is 2.30. The van der Waals surface area contributed by atoms with E-state index in [1.807, 2.05) is 13.8 Å².